The number of sulfonamides is 1. The number of hydrogen-bond acceptors (Lipinski definition) is 5. The molecule has 1 heterocycles. The van der Waals surface area contributed by atoms with Gasteiger partial charge in [0.15, 0.2) is 0 Å². The summed E-state index contributed by atoms with van der Waals surface area (Å²) in [6.45, 7) is 0.301. The second-order valence-electron chi connectivity index (χ2n) is 7.27. The van der Waals surface area contributed by atoms with E-state index in [1.807, 2.05) is 0 Å². The second-order valence-corrected chi connectivity index (χ2v) is 9.16. The van der Waals surface area contributed by atoms with E-state index in [0.29, 0.717) is 25.1 Å². The van der Waals surface area contributed by atoms with E-state index in [2.05, 4.69) is 10.1 Å². The molecule has 0 spiro atoms. The van der Waals surface area contributed by atoms with Gasteiger partial charge in [-0.2, -0.15) is 4.31 Å². The molecule has 0 saturated carbocycles. The van der Waals surface area contributed by atoms with Crippen molar-refractivity contribution in [3.05, 3.63) is 48.5 Å². The smallest absolute Gasteiger partial charge is 0.497 e. The van der Waals surface area contributed by atoms with Gasteiger partial charge in [-0.15, -0.1) is 13.2 Å². The Labute approximate surface area is 184 Å². The van der Waals surface area contributed by atoms with Crippen LogP contribution in [0.15, 0.2) is 53.4 Å². The van der Waals surface area contributed by atoms with E-state index in [9.17, 15) is 26.4 Å². The fraction of sp³-hybridized carbons (Fsp3) is 0.381. The minimum atomic E-state index is -4.80. The van der Waals surface area contributed by atoms with Gasteiger partial charge < -0.3 is 14.8 Å². The van der Waals surface area contributed by atoms with Gasteiger partial charge in [0, 0.05) is 24.7 Å². The maximum atomic E-state index is 13.1. The molecule has 174 valence electrons. The summed E-state index contributed by atoms with van der Waals surface area (Å²) in [5.41, 5.74) is 0.282. The Kier molecular flexibility index (Phi) is 7.29. The van der Waals surface area contributed by atoms with Crippen LogP contribution in [0.5, 0.6) is 11.5 Å². The first-order chi connectivity index (χ1) is 15.1. The van der Waals surface area contributed by atoms with Crippen LogP contribution in [-0.4, -0.2) is 44.7 Å². The fourth-order valence-corrected chi connectivity index (χ4v) is 5.24. The zero-order chi connectivity index (χ0) is 23.4. The topological polar surface area (TPSA) is 84.9 Å². The van der Waals surface area contributed by atoms with Crippen LogP contribution in [0.2, 0.25) is 0 Å². The lowest BCUT2D eigenvalue weighted by atomic mass is 10.0. The summed E-state index contributed by atoms with van der Waals surface area (Å²) >= 11 is 0. The van der Waals surface area contributed by atoms with E-state index in [-0.39, 0.29) is 17.0 Å². The molecule has 1 aliphatic rings. The van der Waals surface area contributed by atoms with Gasteiger partial charge in [-0.1, -0.05) is 6.42 Å². The van der Waals surface area contributed by atoms with Gasteiger partial charge in [0.1, 0.15) is 11.5 Å². The molecule has 2 aromatic rings. The second kappa shape index (κ2) is 9.78. The normalized spacial score (nSPS) is 17.6. The van der Waals surface area contributed by atoms with Crippen LogP contribution in [0.3, 0.4) is 0 Å². The quantitative estimate of drug-likeness (QED) is 0.654. The van der Waals surface area contributed by atoms with Crippen molar-refractivity contribution in [1.29, 1.82) is 0 Å². The molecule has 7 nitrogen and oxygen atoms in total. The van der Waals surface area contributed by atoms with Crippen LogP contribution in [-0.2, 0) is 14.8 Å². The number of carbonyl (C=O) groups is 1. The van der Waals surface area contributed by atoms with Crippen LogP contribution < -0.4 is 14.8 Å². The minimum Gasteiger partial charge on any atom is -0.497 e. The largest absolute Gasteiger partial charge is 0.573 e. The molecule has 2 aromatic carbocycles. The highest BCUT2D eigenvalue weighted by atomic mass is 32.2. The van der Waals surface area contributed by atoms with Gasteiger partial charge in [-0.25, -0.2) is 8.42 Å². The minimum absolute atomic E-state index is 0.0732. The molecular formula is C21H23F3N2O5S. The molecule has 1 amide bonds. The first-order valence-corrected chi connectivity index (χ1v) is 11.3. The third-order valence-electron chi connectivity index (χ3n) is 5.03. The summed E-state index contributed by atoms with van der Waals surface area (Å²) in [4.78, 5) is 12.6. The molecule has 32 heavy (non-hydrogen) atoms. The van der Waals surface area contributed by atoms with E-state index in [0.717, 1.165) is 18.6 Å². The molecule has 1 N–H and O–H groups in total. The van der Waals surface area contributed by atoms with E-state index in [4.69, 9.17) is 4.74 Å². The van der Waals surface area contributed by atoms with Crippen molar-refractivity contribution in [3.8, 4) is 11.5 Å². The van der Waals surface area contributed by atoms with Crippen LogP contribution in [0, 0.1) is 0 Å². The van der Waals surface area contributed by atoms with Crippen LogP contribution >= 0.6 is 0 Å². The molecule has 1 aliphatic heterocycles. The summed E-state index contributed by atoms with van der Waals surface area (Å²) in [7, 11) is -2.32. The van der Waals surface area contributed by atoms with Crippen molar-refractivity contribution in [3.63, 3.8) is 0 Å². The number of nitrogens with zero attached hydrogens (tertiary/aromatic N) is 1. The number of ether oxygens (including phenoxy) is 2. The van der Waals surface area contributed by atoms with E-state index < -0.39 is 34.1 Å². The molecule has 0 bridgehead atoms. The van der Waals surface area contributed by atoms with Gasteiger partial charge in [0.2, 0.25) is 15.9 Å². The molecule has 3 rings (SSSR count). The standard InChI is InChI=1S/C21H23F3N2O5S/c1-30-17-9-11-19(12-10-17)32(28,29)26-13-3-2-4-16(26)14-20(27)25-15-5-7-18(8-6-15)31-21(22,23)24/h5-12,16H,2-4,13-14H2,1H3,(H,25,27)/t16-/m1/s1. The number of piperidine rings is 1. The van der Waals surface area contributed by atoms with Gasteiger partial charge in [-0.3, -0.25) is 4.79 Å². The number of alkyl halides is 3. The third kappa shape index (κ3) is 6.13. The van der Waals surface area contributed by atoms with Crippen LogP contribution in [0.4, 0.5) is 18.9 Å². The maximum absolute atomic E-state index is 13.1. The lowest BCUT2D eigenvalue weighted by molar-refractivity contribution is -0.274. The Balaban J connectivity index is 1.67. The third-order valence-corrected chi connectivity index (χ3v) is 7.00. The number of carbonyl (C=O) groups excluding carboxylic acids is 1. The molecule has 0 aliphatic carbocycles. The van der Waals surface area contributed by atoms with Gasteiger partial charge in [0.05, 0.1) is 12.0 Å². The Morgan fingerprint density at radius 3 is 2.28 bits per heavy atom. The van der Waals surface area contributed by atoms with Crippen LogP contribution in [0.25, 0.3) is 0 Å². The molecule has 1 atom stereocenters. The Morgan fingerprint density at radius 1 is 1.06 bits per heavy atom. The van der Waals surface area contributed by atoms with Crippen LogP contribution in [0.1, 0.15) is 25.7 Å². The zero-order valence-electron chi connectivity index (χ0n) is 17.3. The molecule has 0 radical (unpaired) electrons. The van der Waals surface area contributed by atoms with Crippen molar-refractivity contribution in [2.24, 2.45) is 0 Å². The summed E-state index contributed by atoms with van der Waals surface area (Å²) in [6.07, 6.45) is -2.87. The number of benzene rings is 2. The van der Waals surface area contributed by atoms with Gasteiger partial charge in [-0.05, 0) is 61.4 Å². The lowest BCUT2D eigenvalue weighted by Crippen LogP contribution is -2.45. The number of rotatable bonds is 7. The Bertz CT molecular complexity index is 1020. The van der Waals surface area contributed by atoms with Crippen molar-refractivity contribution in [2.45, 2.75) is 43.0 Å². The van der Waals surface area contributed by atoms with Crippen molar-refractivity contribution in [2.75, 3.05) is 19.0 Å². The number of methoxy groups -OCH3 is 1. The van der Waals surface area contributed by atoms with Crippen molar-refractivity contribution < 1.29 is 35.9 Å². The summed E-state index contributed by atoms with van der Waals surface area (Å²) in [6, 6.07) is 10.3. The van der Waals surface area contributed by atoms with Crippen molar-refractivity contribution >= 4 is 21.6 Å². The molecule has 11 heteroatoms. The molecule has 0 unspecified atom stereocenters. The first-order valence-electron chi connectivity index (χ1n) is 9.90. The highest BCUT2D eigenvalue weighted by Crippen LogP contribution is 2.29. The van der Waals surface area contributed by atoms with Gasteiger partial charge in [0.25, 0.3) is 0 Å². The highest BCUT2D eigenvalue weighted by Gasteiger charge is 2.35. The predicted octanol–water partition coefficient (Wildman–Crippen LogP) is 4.17. The lowest BCUT2D eigenvalue weighted by Gasteiger charge is -2.34. The van der Waals surface area contributed by atoms with E-state index >= 15 is 0 Å². The average Bonchev–Trinajstić information content (AvgIpc) is 2.74. The number of hydrogen-bond donors (Lipinski definition) is 1. The number of amides is 1. The monoisotopic (exact) mass is 472 g/mol. The first kappa shape index (κ1) is 23.9. The molecule has 0 aromatic heterocycles. The molecule has 1 fully saturated rings. The maximum Gasteiger partial charge on any atom is 0.573 e. The summed E-state index contributed by atoms with van der Waals surface area (Å²) < 4.78 is 73.2. The fourth-order valence-electron chi connectivity index (χ4n) is 3.54. The van der Waals surface area contributed by atoms with Crippen molar-refractivity contribution in [1.82, 2.24) is 4.31 Å². The molecule has 1 saturated heterocycles. The Hall–Kier alpha value is -2.79. The predicted molar refractivity (Wildman–Crippen MR) is 111 cm³/mol. The molecular weight excluding hydrogens is 449 g/mol. The van der Waals surface area contributed by atoms with E-state index in [1.54, 1.807) is 12.1 Å². The number of anilines is 1. The average molecular weight is 472 g/mol. The zero-order valence-corrected chi connectivity index (χ0v) is 18.1. The highest BCUT2D eigenvalue weighted by molar-refractivity contribution is 7.89. The van der Waals surface area contributed by atoms with Gasteiger partial charge >= 0.3 is 6.36 Å². The van der Waals surface area contributed by atoms with E-state index in [1.165, 1.54) is 35.7 Å². The number of halogens is 3. The summed E-state index contributed by atoms with van der Waals surface area (Å²) in [5, 5.41) is 2.59. The number of nitrogens with one attached hydrogen (secondary N) is 1. The SMILES string of the molecule is COc1ccc(S(=O)(=O)N2CCCC[C@@H]2CC(=O)Nc2ccc(OC(F)(F)F)cc2)cc1. The Morgan fingerprint density at radius 2 is 1.69 bits per heavy atom. The summed E-state index contributed by atoms with van der Waals surface area (Å²) in [5.74, 6) is -0.305.